The smallest absolute Gasteiger partial charge is 0.160 e. The Morgan fingerprint density at radius 2 is 1.52 bits per heavy atom. The number of fused-ring (bicyclic) bond motifs is 2. The van der Waals surface area contributed by atoms with E-state index < -0.39 is 0 Å². The first-order valence-electron chi connectivity index (χ1n) is 8.86. The zero-order valence-corrected chi connectivity index (χ0v) is 17.0. The minimum absolute atomic E-state index is 0.000000000000000222. The molecule has 0 aliphatic rings. The topological polar surface area (TPSA) is 98.5 Å². The largest absolute Gasteiger partial charge is 0.377 e. The highest BCUT2D eigenvalue weighted by Gasteiger charge is 1.92. The molecule has 2 aromatic carbocycles. The van der Waals surface area contributed by atoms with E-state index in [0.717, 1.165) is 5.52 Å². The van der Waals surface area contributed by atoms with Crippen LogP contribution in [0.1, 0.15) is 0 Å². The Hall–Kier alpha value is -3.71. The van der Waals surface area contributed by atoms with E-state index >= 15 is 0 Å². The highest BCUT2D eigenvalue weighted by Crippen LogP contribution is 2.12. The van der Waals surface area contributed by atoms with Gasteiger partial charge in [-0.15, -0.1) is 0 Å². The van der Waals surface area contributed by atoms with Gasteiger partial charge in [-0.2, -0.15) is 5.10 Å². The molecule has 0 atom stereocenters. The fourth-order valence-electron chi connectivity index (χ4n) is 2.45. The quantitative estimate of drug-likeness (QED) is 0.339. The highest BCUT2D eigenvalue weighted by atomic mass is 32.1. The van der Waals surface area contributed by atoms with Crippen molar-refractivity contribution in [2.75, 3.05) is 0 Å². The molecule has 0 bridgehead atoms. The molecule has 29 heavy (non-hydrogen) atoms. The predicted molar refractivity (Wildman–Crippen MR) is 124 cm³/mol. The van der Waals surface area contributed by atoms with Gasteiger partial charge >= 0.3 is 0 Å². The number of thiocarbonyl (C=S) groups is 1. The first-order valence-corrected chi connectivity index (χ1v) is 9.27. The summed E-state index contributed by atoms with van der Waals surface area (Å²) in [6.45, 7) is 0. The molecule has 0 unspecified atom stereocenters. The van der Waals surface area contributed by atoms with Crippen LogP contribution in [0, 0.1) is 0 Å². The van der Waals surface area contributed by atoms with Gasteiger partial charge in [-0.1, -0.05) is 42.5 Å². The van der Waals surface area contributed by atoms with Crippen LogP contribution in [0.15, 0.2) is 97.6 Å². The molecule has 0 aliphatic carbocycles. The van der Waals surface area contributed by atoms with Crippen LogP contribution in [0.2, 0.25) is 0 Å². The lowest BCUT2D eigenvalue weighted by atomic mass is 10.2. The number of nitrogens with one attached hydrogen (secondary N) is 1. The summed E-state index contributed by atoms with van der Waals surface area (Å²) in [5.74, 6) is 0. The van der Waals surface area contributed by atoms with E-state index in [9.17, 15) is 0 Å². The van der Waals surface area contributed by atoms with Gasteiger partial charge in [0.25, 0.3) is 0 Å². The molecule has 0 saturated carbocycles. The summed E-state index contributed by atoms with van der Waals surface area (Å²) < 4.78 is 2.12. The van der Waals surface area contributed by atoms with Crippen LogP contribution in [0.5, 0.6) is 0 Å². The van der Waals surface area contributed by atoms with Crippen molar-refractivity contribution in [1.82, 2.24) is 19.7 Å². The fraction of sp³-hybridized carbons (Fsp3) is 0.0455. The van der Waals surface area contributed by atoms with Gasteiger partial charge in [0.15, 0.2) is 5.11 Å². The number of nitrogens with zero attached hydrogens (tertiary/aromatic N) is 3. The Morgan fingerprint density at radius 1 is 0.862 bits per heavy atom. The van der Waals surface area contributed by atoms with Crippen molar-refractivity contribution >= 4 is 39.1 Å². The molecule has 0 saturated heterocycles. The van der Waals surface area contributed by atoms with Gasteiger partial charge in [0.1, 0.15) is 0 Å². The standard InChI is InChI=1S/C9H9N.C9H7N.C3H4N2.CH4N2S/c1-10-7-6-8-4-2-3-5-9(8)10;1-2-6-9-8(4-1)5-3-7-10-9;1-2-4-5-3-1;2-1(3)4/h2-7H,1H3;1-7H;1-3H,(H,4,5);(H4,2,3,4). The SMILES string of the molecule is Cn1ccc2ccccc21.NC(N)=S.c1ccc2ncccc2c1.c1cn[nH]c1. The van der Waals surface area contributed by atoms with Gasteiger partial charge in [-0.05, 0) is 47.9 Å². The van der Waals surface area contributed by atoms with Crippen molar-refractivity contribution in [3.8, 4) is 0 Å². The minimum Gasteiger partial charge on any atom is -0.377 e. The zero-order chi connectivity index (χ0) is 20.9. The minimum atomic E-state index is 0.000000000000000222. The molecule has 0 aliphatic heterocycles. The summed E-state index contributed by atoms with van der Waals surface area (Å²) in [7, 11) is 2.06. The summed E-state index contributed by atoms with van der Waals surface area (Å²) in [6, 6.07) is 24.4. The van der Waals surface area contributed by atoms with Crippen molar-refractivity contribution in [1.29, 1.82) is 0 Å². The van der Waals surface area contributed by atoms with E-state index in [2.05, 4.69) is 99.1 Å². The maximum absolute atomic E-state index is 4.62. The third-order valence-electron chi connectivity index (χ3n) is 3.71. The van der Waals surface area contributed by atoms with Crippen LogP contribution in [0.25, 0.3) is 21.8 Å². The first-order chi connectivity index (χ1) is 14.1. The molecular formula is C22H24N6S. The van der Waals surface area contributed by atoms with Gasteiger partial charge in [0.05, 0.1) is 5.52 Å². The summed E-state index contributed by atoms with van der Waals surface area (Å²) in [5, 5.41) is 8.72. The monoisotopic (exact) mass is 404 g/mol. The van der Waals surface area contributed by atoms with Crippen molar-refractivity contribution in [3.63, 3.8) is 0 Å². The lowest BCUT2D eigenvalue weighted by Gasteiger charge is -1.92. The number of H-pyrrole nitrogens is 1. The van der Waals surface area contributed by atoms with Crippen molar-refractivity contribution in [3.05, 3.63) is 97.6 Å². The normalized spacial score (nSPS) is 9.28. The number of benzene rings is 2. The van der Waals surface area contributed by atoms with Crippen LogP contribution in [0.3, 0.4) is 0 Å². The fourth-order valence-corrected chi connectivity index (χ4v) is 2.45. The number of para-hydroxylation sites is 2. The maximum atomic E-state index is 4.62. The molecule has 0 amide bonds. The number of rotatable bonds is 0. The van der Waals surface area contributed by atoms with Gasteiger partial charge in [0.2, 0.25) is 0 Å². The first kappa shape index (κ1) is 21.6. The van der Waals surface area contributed by atoms with Crippen LogP contribution < -0.4 is 11.5 Å². The third kappa shape index (κ3) is 7.82. The summed E-state index contributed by atoms with van der Waals surface area (Å²) >= 11 is 4.09. The molecule has 5 N–H and O–H groups in total. The molecular weight excluding hydrogens is 380 g/mol. The number of hydrogen-bond acceptors (Lipinski definition) is 3. The number of pyridine rings is 1. The second-order valence-electron chi connectivity index (χ2n) is 5.85. The molecule has 0 spiro atoms. The molecule has 0 radical (unpaired) electrons. The summed E-state index contributed by atoms with van der Waals surface area (Å²) in [6.07, 6.45) is 7.34. The Morgan fingerprint density at radius 3 is 2.10 bits per heavy atom. The molecule has 6 nitrogen and oxygen atoms in total. The van der Waals surface area contributed by atoms with E-state index in [0.29, 0.717) is 0 Å². The maximum Gasteiger partial charge on any atom is 0.160 e. The zero-order valence-electron chi connectivity index (χ0n) is 16.1. The summed E-state index contributed by atoms with van der Waals surface area (Å²) in [5.41, 5.74) is 11.6. The van der Waals surface area contributed by atoms with Gasteiger partial charge in [-0.3, -0.25) is 10.1 Å². The molecule has 3 heterocycles. The van der Waals surface area contributed by atoms with Crippen LogP contribution in [-0.4, -0.2) is 24.9 Å². The van der Waals surface area contributed by atoms with E-state index in [1.54, 1.807) is 12.4 Å². The second-order valence-corrected chi connectivity index (χ2v) is 6.32. The molecule has 0 fully saturated rings. The van der Waals surface area contributed by atoms with E-state index in [1.165, 1.54) is 16.3 Å². The van der Waals surface area contributed by atoms with Crippen molar-refractivity contribution in [2.45, 2.75) is 0 Å². The molecule has 148 valence electrons. The van der Waals surface area contributed by atoms with E-state index in [-0.39, 0.29) is 5.11 Å². The molecule has 7 heteroatoms. The highest BCUT2D eigenvalue weighted by molar-refractivity contribution is 7.80. The number of nitrogens with two attached hydrogens (primary N) is 2. The Bertz CT molecular complexity index is 1030. The average Bonchev–Trinajstić information content (AvgIpc) is 3.43. The molecule has 5 aromatic rings. The average molecular weight is 405 g/mol. The molecule has 5 rings (SSSR count). The predicted octanol–water partition coefficient (Wildman–Crippen LogP) is 4.01. The van der Waals surface area contributed by atoms with Crippen molar-refractivity contribution < 1.29 is 0 Å². The Kier molecular flexibility index (Phi) is 8.85. The number of aromatic amines is 1. The third-order valence-corrected chi connectivity index (χ3v) is 3.71. The van der Waals surface area contributed by atoms with Crippen LogP contribution in [-0.2, 0) is 7.05 Å². The van der Waals surface area contributed by atoms with Gasteiger partial charge in [-0.25, -0.2) is 0 Å². The Balaban J connectivity index is 0.000000149. The number of hydrogen-bond donors (Lipinski definition) is 3. The van der Waals surface area contributed by atoms with Gasteiger partial charge in [0, 0.05) is 42.7 Å². The number of aryl methyl sites for hydroxylation is 1. The summed E-state index contributed by atoms with van der Waals surface area (Å²) in [4.78, 5) is 4.18. The Labute approximate surface area is 175 Å². The van der Waals surface area contributed by atoms with E-state index in [1.807, 2.05) is 36.5 Å². The number of aromatic nitrogens is 4. The van der Waals surface area contributed by atoms with Crippen molar-refractivity contribution in [2.24, 2.45) is 18.5 Å². The van der Waals surface area contributed by atoms with Crippen LogP contribution >= 0.6 is 12.2 Å². The van der Waals surface area contributed by atoms with Gasteiger partial charge < -0.3 is 16.0 Å². The lowest BCUT2D eigenvalue weighted by Crippen LogP contribution is -2.18. The molecule has 3 aromatic heterocycles. The van der Waals surface area contributed by atoms with E-state index in [4.69, 9.17) is 0 Å². The second kappa shape index (κ2) is 11.9. The lowest BCUT2D eigenvalue weighted by molar-refractivity contribution is 0.969. The van der Waals surface area contributed by atoms with Crippen LogP contribution in [0.4, 0.5) is 0 Å².